The highest BCUT2D eigenvalue weighted by Gasteiger charge is 2.35. The summed E-state index contributed by atoms with van der Waals surface area (Å²) in [6.45, 7) is 1.50. The van der Waals surface area contributed by atoms with Crippen LogP contribution in [0.25, 0.3) is 39.2 Å². The van der Waals surface area contributed by atoms with Crippen LogP contribution < -0.4 is 14.8 Å². The van der Waals surface area contributed by atoms with Crippen molar-refractivity contribution in [2.24, 2.45) is 5.92 Å². The standard InChI is InChI=1S/C30H30N6O4/c1-38-25-15-22-23(16-26(25)39-2)36(28(33-22)20-7-8-24-19(14-20)10-13-40-24)27-9-11-31-30(34-27)32-21-4-3-12-35(17-21)29(37)18-5-6-18/h7-11,13-16,18,21H,3-6,12,17H2,1-2H3,(H,31,32,34)/t21-/m1/s1. The molecule has 2 fully saturated rings. The predicted molar refractivity (Wildman–Crippen MR) is 151 cm³/mol. The highest BCUT2D eigenvalue weighted by molar-refractivity contribution is 5.88. The molecular formula is C30H30N6O4. The normalized spacial score (nSPS) is 17.4. The first-order valence-electron chi connectivity index (χ1n) is 13.6. The van der Waals surface area contributed by atoms with Crippen LogP contribution in [-0.4, -0.2) is 63.7 Å². The number of nitrogens with zero attached hydrogens (tertiary/aromatic N) is 5. The van der Waals surface area contributed by atoms with Gasteiger partial charge >= 0.3 is 0 Å². The molecule has 10 heteroatoms. The largest absolute Gasteiger partial charge is 0.493 e. The van der Waals surface area contributed by atoms with E-state index in [1.54, 1.807) is 26.7 Å². The SMILES string of the molecule is COc1cc2nc(-c3ccc4occc4c3)n(-c3ccnc(N[C@@H]4CCCN(C(=O)C5CC5)C4)n3)c2cc1OC. The van der Waals surface area contributed by atoms with Gasteiger partial charge in [-0.2, -0.15) is 4.98 Å². The van der Waals surface area contributed by atoms with E-state index in [1.807, 2.05) is 45.9 Å². The van der Waals surface area contributed by atoms with Crippen molar-refractivity contribution in [2.45, 2.75) is 31.7 Å². The summed E-state index contributed by atoms with van der Waals surface area (Å²) < 4.78 is 18.7. The molecule has 0 spiro atoms. The molecule has 0 unspecified atom stereocenters. The van der Waals surface area contributed by atoms with Crippen LogP contribution in [0.3, 0.4) is 0 Å². The third-order valence-corrected chi connectivity index (χ3v) is 7.73. The van der Waals surface area contributed by atoms with Gasteiger partial charge in [0.15, 0.2) is 11.5 Å². The maximum atomic E-state index is 12.7. The number of carbonyl (C=O) groups excluding carboxylic acids is 1. The zero-order valence-corrected chi connectivity index (χ0v) is 22.5. The summed E-state index contributed by atoms with van der Waals surface area (Å²) in [4.78, 5) is 29.1. The van der Waals surface area contributed by atoms with Gasteiger partial charge in [0.2, 0.25) is 11.9 Å². The highest BCUT2D eigenvalue weighted by Crippen LogP contribution is 2.37. The molecule has 40 heavy (non-hydrogen) atoms. The molecule has 1 aliphatic heterocycles. The quantitative estimate of drug-likeness (QED) is 0.306. The molecule has 2 aromatic carbocycles. The lowest BCUT2D eigenvalue weighted by molar-refractivity contribution is -0.133. The zero-order chi connectivity index (χ0) is 27.2. The fraction of sp³-hybridized carbons (Fsp3) is 0.333. The van der Waals surface area contributed by atoms with Crippen molar-refractivity contribution in [3.63, 3.8) is 0 Å². The van der Waals surface area contributed by atoms with Crippen molar-refractivity contribution >= 4 is 33.9 Å². The molecule has 7 rings (SSSR count). The van der Waals surface area contributed by atoms with E-state index in [2.05, 4.69) is 16.4 Å². The lowest BCUT2D eigenvalue weighted by Crippen LogP contribution is -2.45. The Labute approximate surface area is 230 Å². The topological polar surface area (TPSA) is 108 Å². The first-order chi connectivity index (χ1) is 19.6. The molecule has 2 aliphatic rings. The molecule has 0 bridgehead atoms. The van der Waals surface area contributed by atoms with Gasteiger partial charge in [-0.15, -0.1) is 0 Å². The number of hydrogen-bond donors (Lipinski definition) is 1. The van der Waals surface area contributed by atoms with Gasteiger partial charge in [0.05, 0.1) is 31.5 Å². The molecule has 4 heterocycles. The van der Waals surface area contributed by atoms with E-state index in [9.17, 15) is 4.79 Å². The van der Waals surface area contributed by atoms with Crippen molar-refractivity contribution in [1.29, 1.82) is 0 Å². The van der Waals surface area contributed by atoms with E-state index in [4.69, 9.17) is 23.9 Å². The minimum absolute atomic E-state index is 0.0959. The number of carbonyl (C=O) groups is 1. The van der Waals surface area contributed by atoms with Crippen LogP contribution in [0.15, 0.2) is 59.3 Å². The summed E-state index contributed by atoms with van der Waals surface area (Å²) in [7, 11) is 3.23. The third-order valence-electron chi connectivity index (χ3n) is 7.73. The van der Waals surface area contributed by atoms with Gasteiger partial charge in [-0.1, -0.05) is 0 Å². The number of nitrogens with one attached hydrogen (secondary N) is 1. The molecule has 1 N–H and O–H groups in total. The summed E-state index contributed by atoms with van der Waals surface area (Å²) in [6, 6.07) is 13.7. The number of piperidine rings is 1. The molecule has 1 saturated carbocycles. The monoisotopic (exact) mass is 538 g/mol. The average molecular weight is 539 g/mol. The van der Waals surface area contributed by atoms with Crippen molar-refractivity contribution in [3.05, 3.63) is 54.9 Å². The summed E-state index contributed by atoms with van der Waals surface area (Å²) in [5, 5.41) is 4.47. The lowest BCUT2D eigenvalue weighted by atomic mass is 10.1. The van der Waals surface area contributed by atoms with Crippen LogP contribution in [0.4, 0.5) is 5.95 Å². The molecule has 3 aromatic heterocycles. The Kier molecular flexibility index (Phi) is 6.02. The maximum Gasteiger partial charge on any atom is 0.225 e. The van der Waals surface area contributed by atoms with Crippen LogP contribution in [0.1, 0.15) is 25.7 Å². The number of methoxy groups -OCH3 is 2. The van der Waals surface area contributed by atoms with E-state index < -0.39 is 0 Å². The molecule has 1 atom stereocenters. The molecule has 5 aromatic rings. The van der Waals surface area contributed by atoms with Crippen LogP contribution in [-0.2, 0) is 4.79 Å². The second kappa shape index (κ2) is 9.86. The van der Waals surface area contributed by atoms with E-state index in [0.29, 0.717) is 29.8 Å². The lowest BCUT2D eigenvalue weighted by Gasteiger charge is -2.33. The first kappa shape index (κ1) is 24.4. The third kappa shape index (κ3) is 4.39. The van der Waals surface area contributed by atoms with Crippen molar-refractivity contribution in [3.8, 4) is 28.7 Å². The summed E-state index contributed by atoms with van der Waals surface area (Å²) in [5.41, 5.74) is 3.29. The van der Waals surface area contributed by atoms with Crippen molar-refractivity contribution < 1.29 is 18.7 Å². The minimum Gasteiger partial charge on any atom is -0.493 e. The summed E-state index contributed by atoms with van der Waals surface area (Å²) in [6.07, 6.45) is 7.39. The predicted octanol–water partition coefficient (Wildman–Crippen LogP) is 5.06. The number of furan rings is 1. The van der Waals surface area contributed by atoms with E-state index in [-0.39, 0.29) is 17.9 Å². The molecule has 1 aliphatic carbocycles. The molecular weight excluding hydrogens is 508 g/mol. The smallest absolute Gasteiger partial charge is 0.225 e. The fourth-order valence-corrected chi connectivity index (χ4v) is 5.55. The van der Waals surface area contributed by atoms with Gasteiger partial charge in [-0.25, -0.2) is 9.97 Å². The Morgan fingerprint density at radius 3 is 2.70 bits per heavy atom. The van der Waals surface area contributed by atoms with Crippen molar-refractivity contribution in [2.75, 3.05) is 32.6 Å². The van der Waals surface area contributed by atoms with Gasteiger partial charge < -0.3 is 24.1 Å². The Morgan fingerprint density at radius 2 is 1.88 bits per heavy atom. The first-order valence-corrected chi connectivity index (χ1v) is 13.6. The summed E-state index contributed by atoms with van der Waals surface area (Å²) >= 11 is 0. The number of rotatable bonds is 7. The maximum absolute atomic E-state index is 12.7. The number of anilines is 1. The number of hydrogen-bond acceptors (Lipinski definition) is 8. The number of ether oxygens (including phenoxy) is 2. The minimum atomic E-state index is 0.0959. The number of aromatic nitrogens is 4. The van der Waals surface area contributed by atoms with Crippen molar-refractivity contribution in [1.82, 2.24) is 24.4 Å². The van der Waals surface area contributed by atoms with Gasteiger partial charge in [-0.05, 0) is 56.0 Å². The van der Waals surface area contributed by atoms with E-state index in [0.717, 1.165) is 65.6 Å². The number of amides is 1. The van der Waals surface area contributed by atoms with Gasteiger partial charge in [0.1, 0.15) is 17.2 Å². The second-order valence-electron chi connectivity index (χ2n) is 10.4. The Bertz CT molecular complexity index is 1720. The second-order valence-corrected chi connectivity index (χ2v) is 10.4. The van der Waals surface area contributed by atoms with Crippen LogP contribution in [0.2, 0.25) is 0 Å². The number of fused-ring (bicyclic) bond motifs is 2. The van der Waals surface area contributed by atoms with Gasteiger partial charge in [0, 0.05) is 54.3 Å². The van der Waals surface area contributed by atoms with Crippen LogP contribution >= 0.6 is 0 Å². The van der Waals surface area contributed by atoms with E-state index in [1.165, 1.54) is 0 Å². The Hall–Kier alpha value is -4.60. The Balaban J connectivity index is 1.29. The average Bonchev–Trinajstić information content (AvgIpc) is 3.61. The molecule has 1 amide bonds. The van der Waals surface area contributed by atoms with Crippen LogP contribution in [0, 0.1) is 5.92 Å². The highest BCUT2D eigenvalue weighted by atomic mass is 16.5. The molecule has 10 nitrogen and oxygen atoms in total. The fourth-order valence-electron chi connectivity index (χ4n) is 5.55. The summed E-state index contributed by atoms with van der Waals surface area (Å²) in [5.74, 6) is 3.61. The number of likely N-dealkylation sites (tertiary alicyclic amines) is 1. The zero-order valence-electron chi connectivity index (χ0n) is 22.5. The van der Waals surface area contributed by atoms with Crippen LogP contribution in [0.5, 0.6) is 11.5 Å². The molecule has 204 valence electrons. The number of imidazole rings is 1. The molecule has 0 radical (unpaired) electrons. The Morgan fingerprint density at radius 1 is 1.02 bits per heavy atom. The van der Waals surface area contributed by atoms with Gasteiger partial charge in [-0.3, -0.25) is 9.36 Å². The number of benzene rings is 2. The molecule has 1 saturated heterocycles. The van der Waals surface area contributed by atoms with Gasteiger partial charge in [0.25, 0.3) is 0 Å². The van der Waals surface area contributed by atoms with E-state index >= 15 is 0 Å².